The van der Waals surface area contributed by atoms with Gasteiger partial charge in [0, 0.05) is 35.7 Å². The number of nitrogens with zero attached hydrogens (tertiary/aromatic N) is 2. The fourth-order valence-electron chi connectivity index (χ4n) is 4.61. The number of unbranched alkanes of at least 4 members (excludes halogenated alkanes) is 8. The van der Waals surface area contributed by atoms with Gasteiger partial charge in [-0.25, -0.2) is 4.57 Å². The quantitative estimate of drug-likeness (QED) is 0.105. The van der Waals surface area contributed by atoms with Crippen molar-refractivity contribution in [3.8, 4) is 21.6 Å². The van der Waals surface area contributed by atoms with Crippen LogP contribution >= 0.6 is 11.3 Å². The van der Waals surface area contributed by atoms with E-state index in [1.165, 1.54) is 96.9 Å². The number of hydrogen-bond acceptors (Lipinski definition) is 2. The third kappa shape index (κ3) is 8.85. The molecule has 0 aliphatic rings. The molecule has 2 heterocycles. The molecular formula is C33H45N2S+. The number of rotatable bonds is 16. The molecule has 3 heteroatoms. The highest BCUT2D eigenvalue weighted by Crippen LogP contribution is 2.34. The van der Waals surface area contributed by atoms with Gasteiger partial charge in [0.25, 0.3) is 0 Å². The molecule has 0 saturated heterocycles. The number of benzene rings is 1. The maximum absolute atomic E-state index is 4.74. The predicted molar refractivity (Wildman–Crippen MR) is 160 cm³/mol. The van der Waals surface area contributed by atoms with Crippen molar-refractivity contribution in [1.82, 2.24) is 0 Å². The van der Waals surface area contributed by atoms with Crippen LogP contribution in [0.3, 0.4) is 0 Å². The SMILES string of the molecule is C/C=C\c1cc(-c2cc[n+](CCCCCCC)cc2-c2cccs2)ccc1C=NCCCCCCC. The van der Waals surface area contributed by atoms with Gasteiger partial charge in [0.15, 0.2) is 12.4 Å². The third-order valence-corrected chi connectivity index (χ3v) is 7.59. The smallest absolute Gasteiger partial charge is 0.178 e. The Bertz CT molecular complexity index is 1080. The Morgan fingerprint density at radius 3 is 2.33 bits per heavy atom. The van der Waals surface area contributed by atoms with E-state index in [2.05, 4.69) is 97.9 Å². The van der Waals surface area contributed by atoms with Crippen molar-refractivity contribution < 1.29 is 4.57 Å². The fraction of sp³-hybridized carbons (Fsp3) is 0.455. The third-order valence-electron chi connectivity index (χ3n) is 6.69. The summed E-state index contributed by atoms with van der Waals surface area (Å²) in [6.45, 7) is 8.62. The molecule has 0 unspecified atom stereocenters. The molecule has 1 aromatic carbocycles. The van der Waals surface area contributed by atoms with E-state index in [-0.39, 0.29) is 0 Å². The molecule has 0 N–H and O–H groups in total. The first-order chi connectivity index (χ1) is 17.8. The predicted octanol–water partition coefficient (Wildman–Crippen LogP) is 9.76. The van der Waals surface area contributed by atoms with Crippen LogP contribution in [0.1, 0.15) is 96.1 Å². The minimum Gasteiger partial charge on any atom is -0.293 e. The first kappa shape index (κ1) is 28.1. The van der Waals surface area contributed by atoms with Crippen LogP contribution in [-0.4, -0.2) is 12.8 Å². The molecule has 36 heavy (non-hydrogen) atoms. The summed E-state index contributed by atoms with van der Waals surface area (Å²) in [5.41, 5.74) is 6.31. The van der Waals surface area contributed by atoms with Crippen molar-refractivity contribution in [3.05, 3.63) is 71.4 Å². The number of allylic oxidation sites excluding steroid dienone is 1. The molecule has 3 aromatic rings. The zero-order valence-electron chi connectivity index (χ0n) is 22.7. The van der Waals surface area contributed by atoms with Gasteiger partial charge in [-0.05, 0) is 54.0 Å². The molecule has 2 nitrogen and oxygen atoms in total. The minimum absolute atomic E-state index is 0.917. The summed E-state index contributed by atoms with van der Waals surface area (Å²) in [5, 5.41) is 2.17. The van der Waals surface area contributed by atoms with Crippen molar-refractivity contribution in [3.63, 3.8) is 0 Å². The topological polar surface area (TPSA) is 16.2 Å². The summed E-state index contributed by atoms with van der Waals surface area (Å²) >= 11 is 1.82. The molecule has 192 valence electrons. The van der Waals surface area contributed by atoms with E-state index in [1.54, 1.807) is 0 Å². The van der Waals surface area contributed by atoms with Crippen LogP contribution in [0.15, 0.2) is 65.2 Å². The molecule has 0 radical (unpaired) electrons. The molecule has 0 amide bonds. The summed E-state index contributed by atoms with van der Waals surface area (Å²) in [5.74, 6) is 0. The van der Waals surface area contributed by atoms with Gasteiger partial charge in [0.05, 0.1) is 5.56 Å². The van der Waals surface area contributed by atoms with E-state index in [4.69, 9.17) is 4.99 Å². The lowest BCUT2D eigenvalue weighted by Crippen LogP contribution is -2.33. The van der Waals surface area contributed by atoms with Gasteiger partial charge < -0.3 is 0 Å². The van der Waals surface area contributed by atoms with E-state index in [0.29, 0.717) is 0 Å². The van der Waals surface area contributed by atoms with Crippen LogP contribution in [0, 0.1) is 0 Å². The molecule has 0 aliphatic heterocycles. The average Bonchev–Trinajstić information content (AvgIpc) is 3.44. The van der Waals surface area contributed by atoms with Crippen LogP contribution in [0.5, 0.6) is 0 Å². The van der Waals surface area contributed by atoms with Gasteiger partial charge in [-0.2, -0.15) is 0 Å². The molecule has 2 aromatic heterocycles. The van der Waals surface area contributed by atoms with Gasteiger partial charge in [0.1, 0.15) is 6.54 Å². The van der Waals surface area contributed by atoms with Crippen molar-refractivity contribution in [2.45, 2.75) is 91.5 Å². The minimum atomic E-state index is 0.917. The Hall–Kier alpha value is -2.52. The summed E-state index contributed by atoms with van der Waals surface area (Å²) in [4.78, 5) is 6.07. The van der Waals surface area contributed by atoms with E-state index in [1.807, 2.05) is 11.3 Å². The van der Waals surface area contributed by atoms with Gasteiger partial charge in [0.2, 0.25) is 0 Å². The number of aliphatic imine (C=N–C) groups is 1. The summed E-state index contributed by atoms with van der Waals surface area (Å²) in [6.07, 6.45) is 24.0. The van der Waals surface area contributed by atoms with Gasteiger partial charge in [-0.3, -0.25) is 4.99 Å². The molecule has 0 saturated carbocycles. The molecule has 0 bridgehead atoms. The second kappa shape index (κ2) is 16.3. The highest BCUT2D eigenvalue weighted by Gasteiger charge is 2.15. The van der Waals surface area contributed by atoms with E-state index in [0.717, 1.165) is 13.1 Å². The number of hydrogen-bond donors (Lipinski definition) is 0. The number of aromatic nitrogens is 1. The highest BCUT2D eigenvalue weighted by atomic mass is 32.1. The Kier molecular flexibility index (Phi) is 12.7. The zero-order chi connectivity index (χ0) is 25.4. The molecule has 0 fully saturated rings. The van der Waals surface area contributed by atoms with Crippen LogP contribution < -0.4 is 4.57 Å². The first-order valence-corrected chi connectivity index (χ1v) is 15.0. The van der Waals surface area contributed by atoms with Gasteiger partial charge in [-0.1, -0.05) is 89.1 Å². The van der Waals surface area contributed by atoms with Crippen LogP contribution in [0.4, 0.5) is 0 Å². The average molecular weight is 502 g/mol. The monoisotopic (exact) mass is 501 g/mol. The molecule has 0 atom stereocenters. The maximum atomic E-state index is 4.74. The van der Waals surface area contributed by atoms with Crippen LogP contribution in [0.2, 0.25) is 0 Å². The normalized spacial score (nSPS) is 11.8. The number of pyridine rings is 1. The lowest BCUT2D eigenvalue weighted by Gasteiger charge is -2.11. The maximum Gasteiger partial charge on any atom is 0.178 e. The summed E-state index contributed by atoms with van der Waals surface area (Å²) in [7, 11) is 0. The van der Waals surface area contributed by atoms with Crippen LogP contribution in [-0.2, 0) is 6.54 Å². The lowest BCUT2D eigenvalue weighted by molar-refractivity contribution is -0.696. The standard InChI is InChI=1S/C33H45N2S/c1-4-7-9-11-13-21-34-26-30-19-18-29(25-28(30)16-6-3)31-20-23-35(22-14-12-10-8-5-2)27-32(31)33-17-15-24-36-33/h6,15-20,23-27H,4-5,7-14,21-22H2,1-3H3/q+1/b16-6-,34-26?. The van der Waals surface area contributed by atoms with E-state index < -0.39 is 0 Å². The van der Waals surface area contributed by atoms with E-state index in [9.17, 15) is 0 Å². The van der Waals surface area contributed by atoms with Crippen molar-refractivity contribution in [2.24, 2.45) is 4.99 Å². The van der Waals surface area contributed by atoms with Gasteiger partial charge in [-0.15, -0.1) is 11.3 Å². The highest BCUT2D eigenvalue weighted by molar-refractivity contribution is 7.13. The Balaban J connectivity index is 1.80. The van der Waals surface area contributed by atoms with Crippen molar-refractivity contribution in [2.75, 3.05) is 6.54 Å². The Morgan fingerprint density at radius 2 is 1.61 bits per heavy atom. The fourth-order valence-corrected chi connectivity index (χ4v) is 5.36. The lowest BCUT2D eigenvalue weighted by atomic mass is 9.96. The van der Waals surface area contributed by atoms with Crippen LogP contribution in [0.25, 0.3) is 27.6 Å². The summed E-state index contributed by atoms with van der Waals surface area (Å²) < 4.78 is 2.37. The van der Waals surface area contributed by atoms with Gasteiger partial charge >= 0.3 is 0 Å². The first-order valence-electron chi connectivity index (χ1n) is 14.1. The summed E-state index contributed by atoms with van der Waals surface area (Å²) in [6, 6.07) is 13.5. The zero-order valence-corrected chi connectivity index (χ0v) is 23.5. The second-order valence-corrected chi connectivity index (χ2v) is 10.6. The largest absolute Gasteiger partial charge is 0.293 e. The molecule has 0 aliphatic carbocycles. The Morgan fingerprint density at radius 1 is 0.833 bits per heavy atom. The van der Waals surface area contributed by atoms with E-state index >= 15 is 0 Å². The number of aryl methyl sites for hydroxylation is 1. The molecular weight excluding hydrogens is 456 g/mol. The van der Waals surface area contributed by atoms with Crippen molar-refractivity contribution in [1.29, 1.82) is 0 Å². The molecule has 3 rings (SSSR count). The molecule has 0 spiro atoms. The van der Waals surface area contributed by atoms with Crippen molar-refractivity contribution >= 4 is 23.6 Å². The Labute approximate surface area is 223 Å². The number of thiophene rings is 1. The second-order valence-electron chi connectivity index (χ2n) is 9.69.